The molecular formula is C16H25ClN2O. The van der Waals surface area contributed by atoms with Gasteiger partial charge in [-0.1, -0.05) is 43.7 Å². The molecule has 1 aliphatic heterocycles. The minimum atomic E-state index is -0.708. The van der Waals surface area contributed by atoms with Crippen LogP contribution in [0.1, 0.15) is 44.6 Å². The van der Waals surface area contributed by atoms with Crippen molar-refractivity contribution in [2.24, 2.45) is 5.73 Å². The molecule has 0 spiro atoms. The van der Waals surface area contributed by atoms with Crippen LogP contribution in [0.3, 0.4) is 0 Å². The lowest BCUT2D eigenvalue weighted by molar-refractivity contribution is -0.135. The molecule has 2 atom stereocenters. The van der Waals surface area contributed by atoms with Crippen molar-refractivity contribution in [1.82, 2.24) is 4.90 Å². The van der Waals surface area contributed by atoms with Crippen LogP contribution in [0.2, 0.25) is 0 Å². The molecule has 2 unspecified atom stereocenters. The van der Waals surface area contributed by atoms with E-state index in [1.807, 2.05) is 17.9 Å². The zero-order chi connectivity index (χ0) is 13.9. The number of carbonyl (C=O) groups is 1. The van der Waals surface area contributed by atoms with E-state index in [4.69, 9.17) is 5.73 Å². The summed E-state index contributed by atoms with van der Waals surface area (Å²) in [5.41, 5.74) is 6.76. The van der Waals surface area contributed by atoms with Crippen LogP contribution in [-0.2, 0) is 4.79 Å². The van der Waals surface area contributed by atoms with Crippen LogP contribution in [0.15, 0.2) is 30.3 Å². The molecular weight excluding hydrogens is 272 g/mol. The molecule has 0 aromatic heterocycles. The third kappa shape index (κ3) is 3.74. The van der Waals surface area contributed by atoms with Gasteiger partial charge in [0.2, 0.25) is 5.91 Å². The van der Waals surface area contributed by atoms with Crippen molar-refractivity contribution in [1.29, 1.82) is 0 Å². The Kier molecular flexibility index (Phi) is 6.03. The molecule has 2 N–H and O–H groups in total. The Hall–Kier alpha value is -1.06. The number of rotatable bonds is 4. The van der Waals surface area contributed by atoms with Gasteiger partial charge in [0.1, 0.15) is 0 Å². The minimum absolute atomic E-state index is 0. The van der Waals surface area contributed by atoms with E-state index in [1.54, 1.807) is 0 Å². The van der Waals surface area contributed by atoms with Gasteiger partial charge in [-0.15, -0.1) is 12.4 Å². The number of hydrogen-bond acceptors (Lipinski definition) is 2. The van der Waals surface area contributed by atoms with Crippen LogP contribution in [0.5, 0.6) is 0 Å². The molecule has 1 fully saturated rings. The number of hydrogen-bond donors (Lipinski definition) is 1. The molecule has 1 aromatic rings. The Morgan fingerprint density at radius 3 is 2.65 bits per heavy atom. The average Bonchev–Trinajstić information content (AvgIpc) is 2.88. The first-order valence-electron chi connectivity index (χ1n) is 7.18. The fraction of sp³-hybridized carbons (Fsp3) is 0.562. The molecule has 0 aliphatic carbocycles. The highest BCUT2D eigenvalue weighted by Crippen LogP contribution is 2.28. The Balaban J connectivity index is 0.00000200. The Morgan fingerprint density at radius 2 is 2.05 bits per heavy atom. The van der Waals surface area contributed by atoms with E-state index in [0.717, 1.165) is 32.4 Å². The second-order valence-corrected chi connectivity index (χ2v) is 5.81. The Bertz CT molecular complexity index is 433. The number of benzene rings is 1. The predicted molar refractivity (Wildman–Crippen MR) is 85.1 cm³/mol. The maximum Gasteiger partial charge on any atom is 0.242 e. The van der Waals surface area contributed by atoms with Crippen molar-refractivity contribution in [3.8, 4) is 0 Å². The maximum absolute atomic E-state index is 12.4. The van der Waals surface area contributed by atoms with Gasteiger partial charge in [-0.2, -0.15) is 0 Å². The predicted octanol–water partition coefficient (Wildman–Crippen LogP) is 2.94. The van der Waals surface area contributed by atoms with Gasteiger partial charge in [-0.05, 0) is 25.3 Å². The first kappa shape index (κ1) is 17.0. The standard InChI is InChI=1S/C16H24N2O.ClH/c1-3-10-16(2,17)15(19)18-11-9-14(12-18)13-7-5-4-6-8-13;/h4-8,14H,3,9-12,17H2,1-2H3;1H. The van der Waals surface area contributed by atoms with Crippen molar-refractivity contribution in [3.05, 3.63) is 35.9 Å². The number of halogens is 1. The van der Waals surface area contributed by atoms with E-state index in [2.05, 4.69) is 31.2 Å². The minimum Gasteiger partial charge on any atom is -0.340 e. The third-order valence-electron chi connectivity index (χ3n) is 4.00. The highest BCUT2D eigenvalue weighted by molar-refractivity contribution is 5.86. The second kappa shape index (κ2) is 7.09. The third-order valence-corrected chi connectivity index (χ3v) is 4.00. The van der Waals surface area contributed by atoms with Gasteiger partial charge in [0.15, 0.2) is 0 Å². The summed E-state index contributed by atoms with van der Waals surface area (Å²) < 4.78 is 0. The lowest BCUT2D eigenvalue weighted by Gasteiger charge is -2.29. The van der Waals surface area contributed by atoms with Gasteiger partial charge in [0, 0.05) is 19.0 Å². The summed E-state index contributed by atoms with van der Waals surface area (Å²) >= 11 is 0. The summed E-state index contributed by atoms with van der Waals surface area (Å²) in [4.78, 5) is 14.4. The van der Waals surface area contributed by atoms with Crippen LogP contribution in [0, 0.1) is 0 Å². The summed E-state index contributed by atoms with van der Waals surface area (Å²) in [7, 11) is 0. The molecule has 0 bridgehead atoms. The van der Waals surface area contributed by atoms with Gasteiger partial charge in [0.25, 0.3) is 0 Å². The first-order valence-corrected chi connectivity index (χ1v) is 7.18. The fourth-order valence-electron chi connectivity index (χ4n) is 2.93. The zero-order valence-corrected chi connectivity index (χ0v) is 13.2. The normalized spacial score (nSPS) is 21.1. The number of nitrogens with zero attached hydrogens (tertiary/aromatic N) is 1. The van der Waals surface area contributed by atoms with Gasteiger partial charge in [-0.25, -0.2) is 0 Å². The van der Waals surface area contributed by atoms with Crippen LogP contribution >= 0.6 is 12.4 Å². The van der Waals surface area contributed by atoms with E-state index in [0.29, 0.717) is 5.92 Å². The maximum atomic E-state index is 12.4. The fourth-order valence-corrected chi connectivity index (χ4v) is 2.93. The van der Waals surface area contributed by atoms with Crippen LogP contribution in [0.25, 0.3) is 0 Å². The smallest absolute Gasteiger partial charge is 0.242 e. The van der Waals surface area contributed by atoms with E-state index in [-0.39, 0.29) is 18.3 Å². The molecule has 0 radical (unpaired) electrons. The molecule has 0 saturated carbocycles. The van der Waals surface area contributed by atoms with Crippen molar-refractivity contribution in [3.63, 3.8) is 0 Å². The first-order chi connectivity index (χ1) is 9.04. The Labute approximate surface area is 127 Å². The molecule has 3 nitrogen and oxygen atoms in total. The molecule has 1 aromatic carbocycles. The van der Waals surface area contributed by atoms with Crippen molar-refractivity contribution >= 4 is 18.3 Å². The SMILES string of the molecule is CCCC(C)(N)C(=O)N1CCC(c2ccccc2)C1.Cl. The molecule has 20 heavy (non-hydrogen) atoms. The highest BCUT2D eigenvalue weighted by Gasteiger charge is 2.35. The van der Waals surface area contributed by atoms with Crippen molar-refractivity contribution < 1.29 is 4.79 Å². The van der Waals surface area contributed by atoms with E-state index in [9.17, 15) is 4.79 Å². The van der Waals surface area contributed by atoms with Crippen molar-refractivity contribution in [2.45, 2.75) is 44.6 Å². The van der Waals surface area contributed by atoms with E-state index in [1.165, 1.54) is 5.56 Å². The number of amides is 1. The largest absolute Gasteiger partial charge is 0.340 e. The zero-order valence-electron chi connectivity index (χ0n) is 12.3. The van der Waals surface area contributed by atoms with Crippen molar-refractivity contribution in [2.75, 3.05) is 13.1 Å². The van der Waals surface area contributed by atoms with Crippen LogP contribution < -0.4 is 5.73 Å². The van der Waals surface area contributed by atoms with Gasteiger partial charge < -0.3 is 10.6 Å². The van der Waals surface area contributed by atoms with E-state index >= 15 is 0 Å². The molecule has 1 aliphatic rings. The van der Waals surface area contributed by atoms with Gasteiger partial charge in [-0.3, -0.25) is 4.79 Å². The number of carbonyl (C=O) groups excluding carboxylic acids is 1. The summed E-state index contributed by atoms with van der Waals surface area (Å²) in [5.74, 6) is 0.565. The highest BCUT2D eigenvalue weighted by atomic mass is 35.5. The molecule has 112 valence electrons. The monoisotopic (exact) mass is 296 g/mol. The number of nitrogens with two attached hydrogens (primary N) is 1. The average molecular weight is 297 g/mol. The second-order valence-electron chi connectivity index (χ2n) is 5.81. The summed E-state index contributed by atoms with van der Waals surface area (Å²) in [6, 6.07) is 10.4. The quantitative estimate of drug-likeness (QED) is 0.928. The summed E-state index contributed by atoms with van der Waals surface area (Å²) in [6.45, 7) is 5.55. The lowest BCUT2D eigenvalue weighted by atomic mass is 9.95. The molecule has 1 amide bonds. The lowest BCUT2D eigenvalue weighted by Crippen LogP contribution is -2.52. The summed E-state index contributed by atoms with van der Waals surface area (Å²) in [5, 5.41) is 0. The van der Waals surface area contributed by atoms with Gasteiger partial charge >= 0.3 is 0 Å². The van der Waals surface area contributed by atoms with Gasteiger partial charge in [0.05, 0.1) is 5.54 Å². The molecule has 4 heteroatoms. The molecule has 1 saturated heterocycles. The molecule has 2 rings (SSSR count). The van der Waals surface area contributed by atoms with Crippen LogP contribution in [-0.4, -0.2) is 29.4 Å². The summed E-state index contributed by atoms with van der Waals surface area (Å²) in [6.07, 6.45) is 2.73. The topological polar surface area (TPSA) is 46.3 Å². The molecule has 1 heterocycles. The Morgan fingerprint density at radius 1 is 1.40 bits per heavy atom. The van der Waals surface area contributed by atoms with Crippen LogP contribution in [0.4, 0.5) is 0 Å². The van der Waals surface area contributed by atoms with E-state index < -0.39 is 5.54 Å². The number of likely N-dealkylation sites (tertiary alicyclic amines) is 1.